The van der Waals surface area contributed by atoms with Gasteiger partial charge in [-0.2, -0.15) is 0 Å². The summed E-state index contributed by atoms with van der Waals surface area (Å²) in [5.41, 5.74) is 0. The third-order valence-corrected chi connectivity index (χ3v) is 2.70. The summed E-state index contributed by atoms with van der Waals surface area (Å²) in [5, 5.41) is 5.47. The first-order valence-electron chi connectivity index (χ1n) is 5.01. The molecule has 2 N–H and O–H groups in total. The number of anilines is 1. The van der Waals surface area contributed by atoms with Crippen molar-refractivity contribution in [1.82, 2.24) is 10.3 Å². The second-order valence-corrected chi connectivity index (χ2v) is 4.44. The van der Waals surface area contributed by atoms with E-state index in [1.54, 1.807) is 12.3 Å². The maximum absolute atomic E-state index is 11.5. The van der Waals surface area contributed by atoms with Crippen LogP contribution in [-0.2, 0) is 4.74 Å². The van der Waals surface area contributed by atoms with Crippen molar-refractivity contribution < 1.29 is 9.53 Å². The zero-order valence-electron chi connectivity index (χ0n) is 8.57. The molecule has 86 valence electrons. The van der Waals surface area contributed by atoms with Crippen LogP contribution in [-0.4, -0.2) is 30.3 Å². The van der Waals surface area contributed by atoms with Gasteiger partial charge in [-0.15, -0.1) is 0 Å². The molecule has 2 heterocycles. The number of aromatic nitrogens is 1. The van der Waals surface area contributed by atoms with Gasteiger partial charge in [0.15, 0.2) is 0 Å². The van der Waals surface area contributed by atoms with Crippen molar-refractivity contribution in [2.45, 2.75) is 12.5 Å². The quantitative estimate of drug-likeness (QED) is 0.870. The van der Waals surface area contributed by atoms with Gasteiger partial charge in [0.1, 0.15) is 5.82 Å². The minimum Gasteiger partial charge on any atom is -0.379 e. The molecule has 0 bridgehead atoms. The standard InChI is InChI=1S/C10H12BrN3O2/c11-7-1-2-9(12-5-7)14-10(15)13-8-3-4-16-6-8/h1-2,5,8H,3-4,6H2,(H2,12,13,14,15). The van der Waals surface area contributed by atoms with Gasteiger partial charge < -0.3 is 10.1 Å². The second-order valence-electron chi connectivity index (χ2n) is 3.52. The number of halogens is 1. The largest absolute Gasteiger partial charge is 0.379 e. The van der Waals surface area contributed by atoms with E-state index < -0.39 is 0 Å². The number of hydrogen-bond donors (Lipinski definition) is 2. The Labute approximate surface area is 102 Å². The predicted molar refractivity (Wildman–Crippen MR) is 63.3 cm³/mol. The molecule has 0 saturated carbocycles. The van der Waals surface area contributed by atoms with Crippen LogP contribution in [0.2, 0.25) is 0 Å². The molecule has 6 heteroatoms. The lowest BCUT2D eigenvalue weighted by Gasteiger charge is -2.11. The molecule has 1 aliphatic heterocycles. The number of nitrogens with one attached hydrogen (secondary N) is 2. The van der Waals surface area contributed by atoms with Gasteiger partial charge in [0.2, 0.25) is 0 Å². The van der Waals surface area contributed by atoms with Gasteiger partial charge in [0.25, 0.3) is 0 Å². The maximum Gasteiger partial charge on any atom is 0.320 e. The van der Waals surface area contributed by atoms with E-state index in [-0.39, 0.29) is 12.1 Å². The zero-order chi connectivity index (χ0) is 11.4. The van der Waals surface area contributed by atoms with Crippen LogP contribution < -0.4 is 10.6 Å². The van der Waals surface area contributed by atoms with Crippen molar-refractivity contribution in [1.29, 1.82) is 0 Å². The van der Waals surface area contributed by atoms with Crippen LogP contribution in [0, 0.1) is 0 Å². The molecule has 1 fully saturated rings. The molecule has 0 aromatic carbocycles. The van der Waals surface area contributed by atoms with Gasteiger partial charge >= 0.3 is 6.03 Å². The molecule has 1 aliphatic rings. The highest BCUT2D eigenvalue weighted by atomic mass is 79.9. The predicted octanol–water partition coefficient (Wildman–Crippen LogP) is 1.75. The van der Waals surface area contributed by atoms with Gasteiger partial charge in [-0.25, -0.2) is 9.78 Å². The Morgan fingerprint density at radius 2 is 2.44 bits per heavy atom. The Kier molecular flexibility index (Phi) is 3.74. The molecule has 0 spiro atoms. The number of carbonyl (C=O) groups is 1. The van der Waals surface area contributed by atoms with Crippen molar-refractivity contribution in [2.75, 3.05) is 18.5 Å². The first kappa shape index (κ1) is 11.3. The molecule has 2 amide bonds. The van der Waals surface area contributed by atoms with Crippen molar-refractivity contribution in [3.8, 4) is 0 Å². The summed E-state index contributed by atoms with van der Waals surface area (Å²) in [6, 6.07) is 3.41. The SMILES string of the molecule is O=C(Nc1ccc(Br)cn1)NC1CCOC1. The Hall–Kier alpha value is -1.14. The second kappa shape index (κ2) is 5.27. The monoisotopic (exact) mass is 285 g/mol. The molecule has 16 heavy (non-hydrogen) atoms. The molecule has 0 radical (unpaired) electrons. The number of carbonyl (C=O) groups excluding carboxylic acids is 1. The van der Waals surface area contributed by atoms with Crippen molar-refractivity contribution >= 4 is 27.8 Å². The van der Waals surface area contributed by atoms with Gasteiger partial charge in [0, 0.05) is 17.3 Å². The lowest BCUT2D eigenvalue weighted by atomic mass is 10.3. The highest BCUT2D eigenvalue weighted by Crippen LogP contribution is 2.10. The topological polar surface area (TPSA) is 63.2 Å². The smallest absolute Gasteiger partial charge is 0.320 e. The Morgan fingerprint density at radius 3 is 3.06 bits per heavy atom. The number of rotatable bonds is 2. The first-order chi connectivity index (χ1) is 7.74. The van der Waals surface area contributed by atoms with Crippen LogP contribution >= 0.6 is 15.9 Å². The van der Waals surface area contributed by atoms with Crippen molar-refractivity contribution in [3.63, 3.8) is 0 Å². The highest BCUT2D eigenvalue weighted by Gasteiger charge is 2.17. The number of pyridine rings is 1. The number of ether oxygens (including phenoxy) is 1. The molecule has 1 saturated heterocycles. The normalized spacial score (nSPS) is 19.4. The summed E-state index contributed by atoms with van der Waals surface area (Å²) in [4.78, 5) is 15.6. The van der Waals surface area contributed by atoms with E-state index in [1.807, 2.05) is 6.07 Å². The number of amides is 2. The average Bonchev–Trinajstić information content (AvgIpc) is 2.74. The summed E-state index contributed by atoms with van der Waals surface area (Å²) in [7, 11) is 0. The molecule has 0 aliphatic carbocycles. The lowest BCUT2D eigenvalue weighted by molar-refractivity contribution is 0.189. The van der Waals surface area contributed by atoms with Crippen molar-refractivity contribution in [2.24, 2.45) is 0 Å². The number of hydrogen-bond acceptors (Lipinski definition) is 3. The Morgan fingerprint density at radius 1 is 1.56 bits per heavy atom. The van der Waals surface area contributed by atoms with E-state index >= 15 is 0 Å². The summed E-state index contributed by atoms with van der Waals surface area (Å²) in [6.07, 6.45) is 2.50. The average molecular weight is 286 g/mol. The fraction of sp³-hybridized carbons (Fsp3) is 0.400. The van der Waals surface area contributed by atoms with Gasteiger partial charge in [-0.1, -0.05) is 0 Å². The summed E-state index contributed by atoms with van der Waals surface area (Å²) >= 11 is 3.28. The molecule has 1 atom stereocenters. The fourth-order valence-electron chi connectivity index (χ4n) is 1.44. The van der Waals surface area contributed by atoms with Crippen LogP contribution in [0.4, 0.5) is 10.6 Å². The molecule has 5 nitrogen and oxygen atoms in total. The van der Waals surface area contributed by atoms with Crippen molar-refractivity contribution in [3.05, 3.63) is 22.8 Å². The van der Waals surface area contributed by atoms with E-state index in [1.165, 1.54) is 0 Å². The summed E-state index contributed by atoms with van der Waals surface area (Å²) in [5.74, 6) is 0.527. The van der Waals surface area contributed by atoms with Crippen LogP contribution in [0.5, 0.6) is 0 Å². The van der Waals surface area contributed by atoms with Crippen LogP contribution in [0.15, 0.2) is 22.8 Å². The molecular weight excluding hydrogens is 274 g/mol. The maximum atomic E-state index is 11.5. The minimum absolute atomic E-state index is 0.107. The lowest BCUT2D eigenvalue weighted by Crippen LogP contribution is -2.38. The van der Waals surface area contributed by atoms with Gasteiger partial charge in [-0.05, 0) is 34.5 Å². The molecule has 1 aromatic rings. The van der Waals surface area contributed by atoms with E-state index in [9.17, 15) is 4.79 Å². The number of urea groups is 1. The van der Waals surface area contributed by atoms with Gasteiger partial charge in [-0.3, -0.25) is 5.32 Å². The van der Waals surface area contributed by atoms with E-state index in [0.717, 1.165) is 10.9 Å². The summed E-state index contributed by atoms with van der Waals surface area (Å²) in [6.45, 7) is 1.29. The third kappa shape index (κ3) is 3.18. The zero-order valence-corrected chi connectivity index (χ0v) is 10.2. The minimum atomic E-state index is -0.245. The fourth-order valence-corrected chi connectivity index (χ4v) is 1.67. The third-order valence-electron chi connectivity index (χ3n) is 2.23. The Balaban J connectivity index is 1.84. The molecular formula is C10H12BrN3O2. The van der Waals surface area contributed by atoms with E-state index in [4.69, 9.17) is 4.74 Å². The Bertz CT molecular complexity index is 363. The number of nitrogens with zero attached hydrogens (tertiary/aromatic N) is 1. The first-order valence-corrected chi connectivity index (χ1v) is 5.80. The van der Waals surface area contributed by atoms with Gasteiger partial charge in [0.05, 0.1) is 12.6 Å². The van der Waals surface area contributed by atoms with E-state index in [2.05, 4.69) is 31.5 Å². The molecule has 2 rings (SSSR count). The molecule has 1 unspecified atom stereocenters. The van der Waals surface area contributed by atoms with Crippen LogP contribution in [0.3, 0.4) is 0 Å². The van der Waals surface area contributed by atoms with E-state index in [0.29, 0.717) is 19.0 Å². The van der Waals surface area contributed by atoms with Crippen LogP contribution in [0.1, 0.15) is 6.42 Å². The molecule has 1 aromatic heterocycles. The van der Waals surface area contributed by atoms with Crippen LogP contribution in [0.25, 0.3) is 0 Å². The highest BCUT2D eigenvalue weighted by molar-refractivity contribution is 9.10. The summed E-state index contributed by atoms with van der Waals surface area (Å²) < 4.78 is 6.04.